The number of aromatic nitrogens is 2. The van der Waals surface area contributed by atoms with Crippen molar-refractivity contribution in [3.05, 3.63) is 12.0 Å². The van der Waals surface area contributed by atoms with Crippen LogP contribution in [0.1, 0.15) is 44.2 Å². The van der Waals surface area contributed by atoms with Crippen LogP contribution in [0.4, 0.5) is 4.79 Å². The first-order valence-corrected chi connectivity index (χ1v) is 8.65. The Morgan fingerprint density at radius 2 is 2.00 bits per heavy atom. The molecule has 2 N–H and O–H groups in total. The number of carbonyl (C=O) groups excluding carboxylic acids is 2. The Morgan fingerprint density at radius 1 is 1.31 bits per heavy atom. The molecule has 0 bridgehead atoms. The summed E-state index contributed by atoms with van der Waals surface area (Å²) in [7, 11) is 0. The summed E-state index contributed by atoms with van der Waals surface area (Å²) in [5, 5.41) is 6.12. The van der Waals surface area contributed by atoms with Crippen molar-refractivity contribution in [1.82, 2.24) is 20.6 Å². The Kier molecular flexibility index (Phi) is 7.14. The molecule has 0 radical (unpaired) electrons. The number of nitrogens with one attached hydrogen (secondary N) is 2. The van der Waals surface area contributed by atoms with Crippen molar-refractivity contribution in [2.75, 3.05) is 26.3 Å². The second kappa shape index (κ2) is 9.33. The minimum Gasteiger partial charge on any atom is -0.483 e. The zero-order valence-corrected chi connectivity index (χ0v) is 15.4. The van der Waals surface area contributed by atoms with Crippen molar-refractivity contribution in [2.24, 2.45) is 0 Å². The van der Waals surface area contributed by atoms with E-state index in [1.807, 2.05) is 20.8 Å². The van der Waals surface area contributed by atoms with Crippen molar-refractivity contribution in [3.63, 3.8) is 0 Å². The SMILES string of the molecule is CC(C)(C)OC(=O)NC1CCNCC1.O=Cc1ncc2c(n1)OCCO2. The van der Waals surface area contributed by atoms with Crippen LogP contribution in [-0.4, -0.2) is 60.3 Å². The van der Waals surface area contributed by atoms with Crippen molar-refractivity contribution in [1.29, 1.82) is 0 Å². The lowest BCUT2D eigenvalue weighted by Crippen LogP contribution is -2.44. The van der Waals surface area contributed by atoms with Crippen LogP contribution in [0.3, 0.4) is 0 Å². The van der Waals surface area contributed by atoms with Gasteiger partial charge in [-0.15, -0.1) is 0 Å². The lowest BCUT2D eigenvalue weighted by Gasteiger charge is -2.26. The highest BCUT2D eigenvalue weighted by atomic mass is 16.6. The van der Waals surface area contributed by atoms with E-state index in [1.54, 1.807) is 0 Å². The van der Waals surface area contributed by atoms with Gasteiger partial charge < -0.3 is 24.8 Å². The molecular formula is C17H26N4O5. The molecule has 26 heavy (non-hydrogen) atoms. The molecule has 9 heteroatoms. The maximum Gasteiger partial charge on any atom is 0.407 e. The first kappa shape index (κ1) is 19.9. The first-order valence-electron chi connectivity index (χ1n) is 8.65. The van der Waals surface area contributed by atoms with Crippen molar-refractivity contribution >= 4 is 12.4 Å². The largest absolute Gasteiger partial charge is 0.483 e. The molecule has 0 saturated carbocycles. The van der Waals surface area contributed by atoms with Crippen molar-refractivity contribution < 1.29 is 23.8 Å². The number of hydrogen-bond acceptors (Lipinski definition) is 8. The summed E-state index contributed by atoms with van der Waals surface area (Å²) in [6.07, 6.45) is 3.67. The molecular weight excluding hydrogens is 340 g/mol. The number of carbonyl (C=O) groups is 2. The van der Waals surface area contributed by atoms with Crippen LogP contribution < -0.4 is 20.1 Å². The maximum absolute atomic E-state index is 11.4. The summed E-state index contributed by atoms with van der Waals surface area (Å²) in [5.41, 5.74) is -0.406. The highest BCUT2D eigenvalue weighted by molar-refractivity contribution is 5.69. The van der Waals surface area contributed by atoms with Gasteiger partial charge in [0.15, 0.2) is 17.9 Å². The molecule has 1 amide bonds. The van der Waals surface area contributed by atoms with E-state index >= 15 is 0 Å². The van der Waals surface area contributed by atoms with Gasteiger partial charge in [-0.05, 0) is 46.7 Å². The number of ether oxygens (including phenoxy) is 3. The molecule has 2 aliphatic heterocycles. The summed E-state index contributed by atoms with van der Waals surface area (Å²) < 4.78 is 15.5. The molecule has 2 aliphatic rings. The van der Waals surface area contributed by atoms with Gasteiger partial charge >= 0.3 is 6.09 Å². The topological polar surface area (TPSA) is 112 Å². The second-order valence-corrected chi connectivity index (χ2v) is 6.88. The minimum absolute atomic E-state index is 0.110. The normalized spacial score (nSPS) is 16.7. The zero-order chi connectivity index (χ0) is 19.0. The van der Waals surface area contributed by atoms with Gasteiger partial charge in [-0.2, -0.15) is 4.98 Å². The molecule has 0 unspecified atom stereocenters. The number of piperidine rings is 1. The van der Waals surface area contributed by atoms with Crippen molar-refractivity contribution in [3.8, 4) is 11.6 Å². The monoisotopic (exact) mass is 366 g/mol. The third-order valence-electron chi connectivity index (χ3n) is 3.49. The van der Waals surface area contributed by atoms with E-state index in [1.165, 1.54) is 6.20 Å². The van der Waals surface area contributed by atoms with Gasteiger partial charge in [0, 0.05) is 6.04 Å². The fourth-order valence-corrected chi connectivity index (χ4v) is 2.36. The van der Waals surface area contributed by atoms with E-state index in [9.17, 15) is 9.59 Å². The fraction of sp³-hybridized carbons (Fsp3) is 0.647. The fourth-order valence-electron chi connectivity index (χ4n) is 2.36. The number of nitrogens with zero attached hydrogens (tertiary/aromatic N) is 2. The van der Waals surface area contributed by atoms with Crippen LogP contribution in [-0.2, 0) is 4.74 Å². The van der Waals surface area contributed by atoms with E-state index in [0.717, 1.165) is 25.9 Å². The van der Waals surface area contributed by atoms with Crippen molar-refractivity contribution in [2.45, 2.75) is 45.3 Å². The van der Waals surface area contributed by atoms with Gasteiger partial charge in [-0.1, -0.05) is 0 Å². The molecule has 0 aromatic carbocycles. The number of hydrogen-bond donors (Lipinski definition) is 2. The molecule has 9 nitrogen and oxygen atoms in total. The third kappa shape index (κ3) is 6.83. The Morgan fingerprint density at radius 3 is 2.65 bits per heavy atom. The molecule has 3 rings (SSSR count). The first-order chi connectivity index (χ1) is 12.4. The third-order valence-corrected chi connectivity index (χ3v) is 3.49. The van der Waals surface area contributed by atoms with Crippen LogP contribution in [0, 0.1) is 0 Å². The van der Waals surface area contributed by atoms with Crippen LogP contribution in [0.5, 0.6) is 11.6 Å². The highest BCUT2D eigenvalue weighted by Gasteiger charge is 2.20. The number of rotatable bonds is 2. The molecule has 144 valence electrons. The summed E-state index contributed by atoms with van der Waals surface area (Å²) >= 11 is 0. The van der Waals surface area contributed by atoms with Crippen LogP contribution in [0.25, 0.3) is 0 Å². The Labute approximate surface area is 152 Å². The standard InChI is InChI=1S/C10H20N2O2.C7H6N2O3/c1-10(2,3)14-9(13)12-8-4-6-11-7-5-8;10-4-6-8-3-5-7(9-6)12-2-1-11-5/h8,11H,4-7H2,1-3H3,(H,12,13);3-4H,1-2H2. The summed E-state index contributed by atoms with van der Waals surface area (Å²) in [4.78, 5) is 29.2. The molecule has 1 saturated heterocycles. The summed E-state index contributed by atoms with van der Waals surface area (Å²) in [6, 6.07) is 0.270. The summed E-state index contributed by atoms with van der Waals surface area (Å²) in [6.45, 7) is 8.51. The predicted octanol–water partition coefficient (Wildman–Crippen LogP) is 1.32. The Bertz CT molecular complexity index is 612. The number of alkyl carbamates (subject to hydrolysis) is 1. The lowest BCUT2D eigenvalue weighted by atomic mass is 10.1. The molecule has 0 aliphatic carbocycles. The summed E-state index contributed by atoms with van der Waals surface area (Å²) in [5.74, 6) is 0.949. The molecule has 1 aromatic rings. The van der Waals surface area contributed by atoms with E-state index in [4.69, 9.17) is 14.2 Å². The van der Waals surface area contributed by atoms with Gasteiger partial charge in [0.1, 0.15) is 18.8 Å². The lowest BCUT2D eigenvalue weighted by molar-refractivity contribution is 0.0495. The Balaban J connectivity index is 0.000000189. The molecule has 0 spiro atoms. The van der Waals surface area contributed by atoms with Gasteiger partial charge in [0.2, 0.25) is 0 Å². The maximum atomic E-state index is 11.4. The predicted molar refractivity (Wildman–Crippen MR) is 93.7 cm³/mol. The van der Waals surface area contributed by atoms with E-state index in [0.29, 0.717) is 31.1 Å². The number of fused-ring (bicyclic) bond motifs is 1. The Hall–Kier alpha value is -2.42. The van der Waals surface area contributed by atoms with Crippen LogP contribution in [0.2, 0.25) is 0 Å². The number of aldehydes is 1. The van der Waals surface area contributed by atoms with E-state index < -0.39 is 5.60 Å². The van der Waals surface area contributed by atoms with Gasteiger partial charge in [0.25, 0.3) is 5.88 Å². The van der Waals surface area contributed by atoms with E-state index in [2.05, 4.69) is 20.6 Å². The van der Waals surface area contributed by atoms with Gasteiger partial charge in [-0.3, -0.25) is 4.79 Å². The zero-order valence-electron chi connectivity index (χ0n) is 15.4. The average molecular weight is 366 g/mol. The minimum atomic E-state index is -0.406. The molecule has 0 atom stereocenters. The smallest absolute Gasteiger partial charge is 0.407 e. The molecule has 1 aromatic heterocycles. The average Bonchev–Trinajstić information content (AvgIpc) is 2.61. The molecule has 1 fully saturated rings. The quantitative estimate of drug-likeness (QED) is 0.754. The highest BCUT2D eigenvalue weighted by Crippen LogP contribution is 2.25. The van der Waals surface area contributed by atoms with Gasteiger partial charge in [0.05, 0.1) is 6.20 Å². The number of amides is 1. The van der Waals surface area contributed by atoms with Crippen LogP contribution >= 0.6 is 0 Å². The van der Waals surface area contributed by atoms with E-state index in [-0.39, 0.29) is 18.0 Å². The second-order valence-electron chi connectivity index (χ2n) is 6.88. The van der Waals surface area contributed by atoms with Crippen LogP contribution in [0.15, 0.2) is 6.20 Å². The molecule has 3 heterocycles. The van der Waals surface area contributed by atoms with Gasteiger partial charge in [-0.25, -0.2) is 9.78 Å².